The number of benzene rings is 1. The van der Waals surface area contributed by atoms with Gasteiger partial charge in [-0.25, -0.2) is 0 Å². The Kier molecular flexibility index (Phi) is 3.67. The summed E-state index contributed by atoms with van der Waals surface area (Å²) in [6, 6.07) is 8.54. The lowest BCUT2D eigenvalue weighted by Crippen LogP contribution is -2.34. The van der Waals surface area contributed by atoms with Crippen molar-refractivity contribution in [3.05, 3.63) is 42.1 Å². The molecule has 0 aliphatic carbocycles. The minimum atomic E-state index is 1.07. The summed E-state index contributed by atoms with van der Waals surface area (Å²) >= 11 is 0. The molecule has 0 unspecified atom stereocenters. The average molecular weight is 255 g/mol. The minimum absolute atomic E-state index is 1.07. The van der Waals surface area contributed by atoms with E-state index in [2.05, 4.69) is 51.7 Å². The summed E-state index contributed by atoms with van der Waals surface area (Å²) in [5, 5.41) is 4.56. The highest BCUT2D eigenvalue weighted by atomic mass is 15.1. The van der Waals surface area contributed by atoms with Crippen LogP contribution in [0.4, 0.5) is 0 Å². The number of H-pyrrole nitrogens is 1. The van der Waals surface area contributed by atoms with Crippen molar-refractivity contribution in [3.8, 4) is 0 Å². The van der Waals surface area contributed by atoms with Gasteiger partial charge in [0.2, 0.25) is 0 Å². The van der Waals surface area contributed by atoms with Crippen molar-refractivity contribution < 1.29 is 0 Å². The number of hydrogen-bond donors (Lipinski definition) is 2. The fourth-order valence-corrected chi connectivity index (χ4v) is 2.77. The van der Waals surface area contributed by atoms with Crippen LogP contribution in [-0.4, -0.2) is 43.1 Å². The molecule has 1 aliphatic rings. The van der Waals surface area contributed by atoms with Gasteiger partial charge in [0.1, 0.15) is 0 Å². The molecule has 19 heavy (non-hydrogen) atoms. The SMILES string of the molecule is CNCCN1CC=C(c2c[nH]c3ccccc23)CC1. The lowest BCUT2D eigenvalue weighted by Gasteiger charge is -2.26. The van der Waals surface area contributed by atoms with E-state index in [1.807, 2.05) is 7.05 Å². The van der Waals surface area contributed by atoms with Crippen LogP contribution in [0.1, 0.15) is 12.0 Å². The number of fused-ring (bicyclic) bond motifs is 1. The van der Waals surface area contributed by atoms with E-state index in [1.165, 1.54) is 22.0 Å². The molecule has 1 aromatic carbocycles. The molecule has 0 amide bonds. The van der Waals surface area contributed by atoms with E-state index in [-0.39, 0.29) is 0 Å². The Hall–Kier alpha value is -1.58. The lowest BCUT2D eigenvalue weighted by atomic mass is 9.99. The molecule has 0 bridgehead atoms. The normalized spacial score (nSPS) is 16.8. The zero-order chi connectivity index (χ0) is 13.1. The van der Waals surface area contributed by atoms with Crippen LogP contribution in [0.25, 0.3) is 16.5 Å². The Bertz CT molecular complexity index is 582. The second-order valence-electron chi connectivity index (χ2n) is 5.13. The van der Waals surface area contributed by atoms with Gasteiger partial charge in [0, 0.05) is 48.8 Å². The number of nitrogens with one attached hydrogen (secondary N) is 2. The number of rotatable bonds is 4. The van der Waals surface area contributed by atoms with Gasteiger partial charge in [-0.2, -0.15) is 0 Å². The molecular formula is C16H21N3. The molecule has 0 saturated heterocycles. The first kappa shape index (κ1) is 12.5. The number of nitrogens with zero attached hydrogens (tertiary/aromatic N) is 1. The molecule has 1 aromatic heterocycles. The van der Waals surface area contributed by atoms with Crippen molar-refractivity contribution in [1.29, 1.82) is 0 Å². The van der Waals surface area contributed by atoms with Gasteiger partial charge < -0.3 is 10.3 Å². The largest absolute Gasteiger partial charge is 0.361 e. The molecule has 0 radical (unpaired) electrons. The van der Waals surface area contributed by atoms with E-state index in [9.17, 15) is 0 Å². The van der Waals surface area contributed by atoms with Crippen molar-refractivity contribution in [3.63, 3.8) is 0 Å². The Morgan fingerprint density at radius 1 is 1.32 bits per heavy atom. The van der Waals surface area contributed by atoms with Gasteiger partial charge in [0.05, 0.1) is 0 Å². The molecular weight excluding hydrogens is 234 g/mol. The minimum Gasteiger partial charge on any atom is -0.361 e. The molecule has 0 saturated carbocycles. The van der Waals surface area contributed by atoms with Crippen LogP contribution in [0.5, 0.6) is 0 Å². The summed E-state index contributed by atoms with van der Waals surface area (Å²) in [6.45, 7) is 4.42. The fraction of sp³-hybridized carbons (Fsp3) is 0.375. The maximum atomic E-state index is 3.37. The van der Waals surface area contributed by atoms with Crippen LogP contribution >= 0.6 is 0 Å². The van der Waals surface area contributed by atoms with Crippen LogP contribution < -0.4 is 5.32 Å². The Morgan fingerprint density at radius 2 is 2.21 bits per heavy atom. The average Bonchev–Trinajstić information content (AvgIpc) is 2.90. The number of aromatic amines is 1. The van der Waals surface area contributed by atoms with Crippen molar-refractivity contribution in [1.82, 2.24) is 15.2 Å². The standard InChI is InChI=1S/C16H21N3/c1-17-8-11-19-9-6-13(7-10-19)15-12-18-16-5-3-2-4-14(15)16/h2-6,12,17-18H,7-11H2,1H3. The summed E-state index contributed by atoms with van der Waals surface area (Å²) in [4.78, 5) is 5.86. The van der Waals surface area contributed by atoms with Gasteiger partial charge >= 0.3 is 0 Å². The predicted octanol–water partition coefficient (Wildman–Crippen LogP) is 2.48. The van der Waals surface area contributed by atoms with E-state index in [0.29, 0.717) is 0 Å². The van der Waals surface area contributed by atoms with Crippen molar-refractivity contribution in [2.45, 2.75) is 6.42 Å². The molecule has 3 heteroatoms. The Balaban J connectivity index is 1.78. The van der Waals surface area contributed by atoms with Crippen LogP contribution in [0, 0.1) is 0 Å². The van der Waals surface area contributed by atoms with E-state index >= 15 is 0 Å². The van der Waals surface area contributed by atoms with Crippen molar-refractivity contribution in [2.24, 2.45) is 0 Å². The van der Waals surface area contributed by atoms with E-state index < -0.39 is 0 Å². The first-order valence-corrected chi connectivity index (χ1v) is 7.01. The maximum Gasteiger partial charge on any atom is 0.0460 e. The van der Waals surface area contributed by atoms with Crippen LogP contribution in [0.15, 0.2) is 36.5 Å². The summed E-state index contributed by atoms with van der Waals surface area (Å²) in [6.07, 6.45) is 5.68. The molecule has 0 atom stereocenters. The van der Waals surface area contributed by atoms with Gasteiger partial charge in [-0.15, -0.1) is 0 Å². The second-order valence-corrected chi connectivity index (χ2v) is 5.13. The van der Waals surface area contributed by atoms with Gasteiger partial charge in [-0.05, 0) is 25.1 Å². The highest BCUT2D eigenvalue weighted by Gasteiger charge is 2.14. The molecule has 2 aromatic rings. The topological polar surface area (TPSA) is 31.1 Å². The molecule has 2 heterocycles. The molecule has 0 fully saturated rings. The predicted molar refractivity (Wildman–Crippen MR) is 81.3 cm³/mol. The second kappa shape index (κ2) is 5.59. The van der Waals surface area contributed by atoms with Gasteiger partial charge in [-0.3, -0.25) is 4.90 Å². The van der Waals surface area contributed by atoms with Crippen molar-refractivity contribution >= 4 is 16.5 Å². The monoisotopic (exact) mass is 255 g/mol. The summed E-state index contributed by atoms with van der Waals surface area (Å²) in [7, 11) is 2.01. The van der Waals surface area contributed by atoms with Gasteiger partial charge in [-0.1, -0.05) is 24.3 Å². The summed E-state index contributed by atoms with van der Waals surface area (Å²) < 4.78 is 0. The third-order valence-corrected chi connectivity index (χ3v) is 3.91. The first-order valence-electron chi connectivity index (χ1n) is 7.01. The number of aromatic nitrogens is 1. The third kappa shape index (κ3) is 2.57. The maximum absolute atomic E-state index is 3.37. The summed E-state index contributed by atoms with van der Waals surface area (Å²) in [5.74, 6) is 0. The molecule has 3 nitrogen and oxygen atoms in total. The third-order valence-electron chi connectivity index (χ3n) is 3.91. The first-order chi connectivity index (χ1) is 9.38. The molecule has 100 valence electrons. The highest BCUT2D eigenvalue weighted by molar-refractivity contribution is 5.92. The van der Waals surface area contributed by atoms with Gasteiger partial charge in [0.15, 0.2) is 0 Å². The number of likely N-dealkylation sites (N-methyl/N-ethyl adjacent to an activating group) is 1. The quantitative estimate of drug-likeness (QED) is 0.879. The Morgan fingerprint density at radius 3 is 3.00 bits per heavy atom. The molecule has 3 rings (SSSR count). The fourth-order valence-electron chi connectivity index (χ4n) is 2.77. The molecule has 2 N–H and O–H groups in total. The van der Waals surface area contributed by atoms with Crippen LogP contribution in [-0.2, 0) is 0 Å². The zero-order valence-electron chi connectivity index (χ0n) is 11.4. The number of para-hydroxylation sites is 1. The Labute approximate surface area is 114 Å². The zero-order valence-corrected chi connectivity index (χ0v) is 11.4. The summed E-state index contributed by atoms with van der Waals surface area (Å²) in [5.41, 5.74) is 4.10. The van der Waals surface area contributed by atoms with E-state index in [0.717, 1.165) is 32.6 Å². The van der Waals surface area contributed by atoms with Gasteiger partial charge in [0.25, 0.3) is 0 Å². The highest BCUT2D eigenvalue weighted by Crippen LogP contribution is 2.28. The van der Waals surface area contributed by atoms with Crippen molar-refractivity contribution in [2.75, 3.05) is 33.2 Å². The molecule has 1 aliphatic heterocycles. The number of hydrogen-bond acceptors (Lipinski definition) is 2. The van der Waals surface area contributed by atoms with Crippen LogP contribution in [0.2, 0.25) is 0 Å². The van der Waals surface area contributed by atoms with E-state index in [4.69, 9.17) is 0 Å². The lowest BCUT2D eigenvalue weighted by molar-refractivity contribution is 0.303. The smallest absolute Gasteiger partial charge is 0.0460 e. The van der Waals surface area contributed by atoms with E-state index in [1.54, 1.807) is 0 Å². The van der Waals surface area contributed by atoms with Crippen LogP contribution in [0.3, 0.4) is 0 Å². The molecule has 0 spiro atoms.